The molecule has 0 N–H and O–H groups in total. The highest BCUT2D eigenvalue weighted by Crippen LogP contribution is 2.33. The molecule has 0 amide bonds. The summed E-state index contributed by atoms with van der Waals surface area (Å²) in [7, 11) is 0. The number of hydrogen-bond donors (Lipinski definition) is 0. The Morgan fingerprint density at radius 1 is 1.14 bits per heavy atom. The molecule has 1 aromatic rings. The summed E-state index contributed by atoms with van der Waals surface area (Å²) < 4.78 is 51.8. The van der Waals surface area contributed by atoms with Crippen LogP contribution in [0.2, 0.25) is 0 Å². The van der Waals surface area contributed by atoms with Crippen LogP contribution in [0.25, 0.3) is 5.57 Å². The lowest BCUT2D eigenvalue weighted by Gasteiger charge is -2.30. The number of rotatable bonds is 7. The van der Waals surface area contributed by atoms with Gasteiger partial charge in [0, 0.05) is 25.0 Å². The molecule has 0 aromatic carbocycles. The number of halogens is 4. The highest BCUT2D eigenvalue weighted by atomic mass is 19.4. The third kappa shape index (κ3) is 9.34. The van der Waals surface area contributed by atoms with Gasteiger partial charge in [0.2, 0.25) is 0 Å². The standard InChI is InChI=1S/C17H21FN2.C14H17F3/c1-12(2)13(3)14(4)20-10-7-15(8-11-20)17-16(18)6-5-9-19-17;1-4-11(5-6-12-7-8-12)9-13(10(2)3)14(15,16)17/h5-7,9H,4,8,10-11H2,1-3H3;4-6,9,12H,2,7-8H2,1,3H3/b;6-5+,11-4-,13-9+. The summed E-state index contributed by atoms with van der Waals surface area (Å²) in [6.07, 6.45) is 8.99. The van der Waals surface area contributed by atoms with Crippen molar-refractivity contribution in [1.82, 2.24) is 9.88 Å². The molecule has 1 fully saturated rings. The van der Waals surface area contributed by atoms with Crippen molar-refractivity contribution in [2.75, 3.05) is 13.1 Å². The second kappa shape index (κ2) is 13.4. The van der Waals surface area contributed by atoms with E-state index in [0.29, 0.717) is 17.2 Å². The minimum absolute atomic E-state index is 0.0386. The van der Waals surface area contributed by atoms with Gasteiger partial charge in [0.1, 0.15) is 11.5 Å². The number of aromatic nitrogens is 1. The van der Waals surface area contributed by atoms with Crippen molar-refractivity contribution >= 4 is 5.57 Å². The fourth-order valence-electron chi connectivity index (χ4n) is 3.65. The molecule has 6 heteroatoms. The maximum atomic E-state index is 13.7. The van der Waals surface area contributed by atoms with Gasteiger partial charge in [-0.3, -0.25) is 4.98 Å². The molecule has 0 saturated heterocycles. The van der Waals surface area contributed by atoms with Crippen LogP contribution < -0.4 is 0 Å². The zero-order valence-corrected chi connectivity index (χ0v) is 22.6. The van der Waals surface area contributed by atoms with Crippen LogP contribution in [0, 0.1) is 11.7 Å². The zero-order valence-electron chi connectivity index (χ0n) is 22.6. The van der Waals surface area contributed by atoms with Crippen LogP contribution in [0.1, 0.15) is 59.6 Å². The normalized spacial score (nSPS) is 16.7. The largest absolute Gasteiger partial charge is 0.416 e. The molecule has 2 heterocycles. The molecule has 200 valence electrons. The van der Waals surface area contributed by atoms with Gasteiger partial charge in [-0.15, -0.1) is 0 Å². The topological polar surface area (TPSA) is 16.1 Å². The fraction of sp³-hybridized carbons (Fsp3) is 0.387. The van der Waals surface area contributed by atoms with Crippen molar-refractivity contribution in [2.45, 2.75) is 60.1 Å². The highest BCUT2D eigenvalue weighted by molar-refractivity contribution is 5.64. The molecule has 3 rings (SSSR count). The molecule has 0 spiro atoms. The van der Waals surface area contributed by atoms with Crippen LogP contribution in [-0.2, 0) is 0 Å². The molecule has 2 aliphatic rings. The van der Waals surface area contributed by atoms with Crippen LogP contribution in [0.4, 0.5) is 17.6 Å². The predicted octanol–water partition coefficient (Wildman–Crippen LogP) is 9.14. The van der Waals surface area contributed by atoms with E-state index >= 15 is 0 Å². The first-order valence-corrected chi connectivity index (χ1v) is 12.5. The van der Waals surface area contributed by atoms with Gasteiger partial charge in [-0.05, 0) is 100 Å². The second-order valence-corrected chi connectivity index (χ2v) is 9.65. The Balaban J connectivity index is 0.000000264. The molecular weight excluding hydrogens is 476 g/mol. The number of nitrogens with zero attached hydrogens (tertiary/aromatic N) is 2. The van der Waals surface area contributed by atoms with Gasteiger partial charge in [-0.1, -0.05) is 43.0 Å². The predicted molar refractivity (Wildman–Crippen MR) is 146 cm³/mol. The van der Waals surface area contributed by atoms with E-state index in [-0.39, 0.29) is 11.4 Å². The van der Waals surface area contributed by atoms with Crippen LogP contribution in [0.15, 0.2) is 95.4 Å². The Bertz CT molecular complexity index is 1140. The molecule has 0 atom stereocenters. The minimum Gasteiger partial charge on any atom is -0.368 e. The first kappa shape index (κ1) is 30.1. The third-order valence-corrected chi connectivity index (χ3v) is 6.43. The molecule has 0 bridgehead atoms. The maximum Gasteiger partial charge on any atom is 0.416 e. The van der Waals surface area contributed by atoms with Crippen molar-refractivity contribution in [3.8, 4) is 0 Å². The van der Waals surface area contributed by atoms with E-state index in [1.807, 2.05) is 6.08 Å². The Morgan fingerprint density at radius 2 is 1.81 bits per heavy atom. The van der Waals surface area contributed by atoms with E-state index in [0.717, 1.165) is 49.7 Å². The van der Waals surface area contributed by atoms with Crippen molar-refractivity contribution in [1.29, 1.82) is 0 Å². The van der Waals surface area contributed by atoms with Gasteiger partial charge in [0.05, 0.1) is 5.57 Å². The van der Waals surface area contributed by atoms with Crippen LogP contribution in [-0.4, -0.2) is 29.1 Å². The van der Waals surface area contributed by atoms with Gasteiger partial charge in [0.25, 0.3) is 0 Å². The quantitative estimate of drug-likeness (QED) is 0.266. The number of allylic oxidation sites excluding steroid dienone is 9. The first-order chi connectivity index (χ1) is 17.3. The van der Waals surface area contributed by atoms with E-state index in [1.165, 1.54) is 24.1 Å². The summed E-state index contributed by atoms with van der Waals surface area (Å²) in [5, 5.41) is 0. The van der Waals surface area contributed by atoms with E-state index in [1.54, 1.807) is 31.3 Å². The van der Waals surface area contributed by atoms with Gasteiger partial charge in [0.15, 0.2) is 0 Å². The van der Waals surface area contributed by atoms with Crippen LogP contribution in [0.3, 0.4) is 0 Å². The summed E-state index contributed by atoms with van der Waals surface area (Å²) in [6.45, 7) is 18.5. The van der Waals surface area contributed by atoms with Crippen LogP contribution in [0.5, 0.6) is 0 Å². The van der Waals surface area contributed by atoms with Gasteiger partial charge >= 0.3 is 6.18 Å². The summed E-state index contributed by atoms with van der Waals surface area (Å²) >= 11 is 0. The summed E-state index contributed by atoms with van der Waals surface area (Å²) in [5.41, 5.74) is 4.99. The lowest BCUT2D eigenvalue weighted by atomic mass is 10.0. The fourth-order valence-corrected chi connectivity index (χ4v) is 3.65. The Kier molecular flexibility index (Phi) is 10.9. The lowest BCUT2D eigenvalue weighted by molar-refractivity contribution is -0.0892. The third-order valence-electron chi connectivity index (χ3n) is 6.43. The number of alkyl halides is 3. The van der Waals surface area contributed by atoms with Gasteiger partial charge in [-0.2, -0.15) is 13.2 Å². The molecule has 1 aromatic heterocycles. The molecule has 0 unspecified atom stereocenters. The van der Waals surface area contributed by atoms with E-state index < -0.39 is 11.7 Å². The maximum absolute atomic E-state index is 13.7. The molecule has 1 aliphatic carbocycles. The average Bonchev–Trinajstić information content (AvgIpc) is 3.67. The molecule has 2 nitrogen and oxygen atoms in total. The van der Waals surface area contributed by atoms with Gasteiger partial charge < -0.3 is 4.90 Å². The van der Waals surface area contributed by atoms with E-state index in [2.05, 4.69) is 49.9 Å². The lowest BCUT2D eigenvalue weighted by Crippen LogP contribution is -2.28. The Labute approximate surface area is 219 Å². The Morgan fingerprint density at radius 3 is 2.27 bits per heavy atom. The summed E-state index contributed by atoms with van der Waals surface area (Å²) in [6, 6.07) is 3.08. The second-order valence-electron chi connectivity index (χ2n) is 9.65. The van der Waals surface area contributed by atoms with E-state index in [9.17, 15) is 17.6 Å². The van der Waals surface area contributed by atoms with Crippen molar-refractivity contribution in [3.05, 3.63) is 107 Å². The van der Waals surface area contributed by atoms with Crippen molar-refractivity contribution < 1.29 is 17.6 Å². The molecule has 1 saturated carbocycles. The smallest absolute Gasteiger partial charge is 0.368 e. The summed E-state index contributed by atoms with van der Waals surface area (Å²) in [4.78, 5) is 6.37. The molecular formula is C31H38F4N2. The Hall–Kier alpha value is -3.15. The molecule has 0 radical (unpaired) electrons. The van der Waals surface area contributed by atoms with Crippen molar-refractivity contribution in [3.63, 3.8) is 0 Å². The monoisotopic (exact) mass is 514 g/mol. The van der Waals surface area contributed by atoms with Crippen LogP contribution >= 0.6 is 0 Å². The first-order valence-electron chi connectivity index (χ1n) is 12.5. The highest BCUT2D eigenvalue weighted by Gasteiger charge is 2.33. The zero-order chi connectivity index (χ0) is 27.8. The van der Waals surface area contributed by atoms with Gasteiger partial charge in [-0.25, -0.2) is 4.39 Å². The number of pyridine rings is 1. The summed E-state index contributed by atoms with van der Waals surface area (Å²) in [5.74, 6) is 0.309. The SMILES string of the molecule is C=C(C(C)=C(C)C)N1CC=C(c2ncccc2F)CC1.C=C(C)\C(=C/C(=C\C)/C=C/C1CC1)C(F)(F)F. The average molecular weight is 515 g/mol. The minimum atomic E-state index is -4.34. The number of hydrogen-bond acceptors (Lipinski definition) is 2. The molecule has 1 aliphatic heterocycles. The molecule has 37 heavy (non-hydrogen) atoms. The van der Waals surface area contributed by atoms with E-state index in [4.69, 9.17) is 0 Å². The van der Waals surface area contributed by atoms with Crippen molar-refractivity contribution in [2.24, 2.45) is 5.92 Å².